The fourth-order valence-electron chi connectivity index (χ4n) is 6.47. The van der Waals surface area contributed by atoms with Gasteiger partial charge >= 0.3 is 5.97 Å². The Morgan fingerprint density at radius 2 is 1.68 bits per heavy atom. The number of anilines is 1. The third-order valence-corrected chi connectivity index (χ3v) is 9.58. The number of nitrogens with zero attached hydrogens (tertiary/aromatic N) is 1. The standard InChI is InChI=1S/C42H35ClN4O6/c1-51-42(50)37(18-25-5-9-28(10-6-25)29-11-7-26(22-44)8-12-29)47-40(48)36-20-31-19-35-38(21-32(31)23-45-36)53-39(41(49)46-35)30-13-15-34(16-14-30)52-24-27-3-2-4-33(43)17-27/h2-17,19,21,36-37,39,45H,18,20,23-24H2,1H3,(H,46,49)(H,47,48)/t36?,37-,39?/m0/s1. The van der Waals surface area contributed by atoms with Gasteiger partial charge in [0.25, 0.3) is 5.91 Å². The molecule has 0 spiro atoms. The van der Waals surface area contributed by atoms with E-state index in [2.05, 4.69) is 22.0 Å². The Bertz CT molecular complexity index is 2200. The van der Waals surface area contributed by atoms with Gasteiger partial charge in [-0.1, -0.05) is 72.3 Å². The molecule has 0 fully saturated rings. The van der Waals surface area contributed by atoms with Crippen LogP contribution in [0.3, 0.4) is 0 Å². The fraction of sp³-hybridized carbons (Fsp3) is 0.190. The second-order valence-corrected chi connectivity index (χ2v) is 13.3. The van der Waals surface area contributed by atoms with Crippen LogP contribution in [0.2, 0.25) is 5.02 Å². The van der Waals surface area contributed by atoms with Crippen molar-refractivity contribution in [3.8, 4) is 28.7 Å². The summed E-state index contributed by atoms with van der Waals surface area (Å²) in [6.07, 6.45) is -0.260. The molecule has 0 aromatic heterocycles. The molecule has 0 saturated carbocycles. The van der Waals surface area contributed by atoms with E-state index in [9.17, 15) is 14.4 Å². The number of hydrogen-bond donors (Lipinski definition) is 3. The first-order valence-corrected chi connectivity index (χ1v) is 17.5. The Labute approximate surface area is 311 Å². The van der Waals surface area contributed by atoms with Gasteiger partial charge in [-0.15, -0.1) is 0 Å². The second-order valence-electron chi connectivity index (χ2n) is 12.9. The minimum atomic E-state index is -0.895. The van der Waals surface area contributed by atoms with Gasteiger partial charge in [-0.3, -0.25) is 9.59 Å². The van der Waals surface area contributed by atoms with Gasteiger partial charge in [0.15, 0.2) is 0 Å². The first-order valence-electron chi connectivity index (χ1n) is 17.1. The van der Waals surface area contributed by atoms with Gasteiger partial charge in [0, 0.05) is 23.6 Å². The lowest BCUT2D eigenvalue weighted by molar-refractivity contribution is -0.145. The van der Waals surface area contributed by atoms with E-state index in [0.717, 1.165) is 33.4 Å². The van der Waals surface area contributed by atoms with E-state index in [-0.39, 0.29) is 18.2 Å². The molecular formula is C42H35ClN4O6. The Kier molecular flexibility index (Phi) is 10.4. The van der Waals surface area contributed by atoms with Crippen molar-refractivity contribution in [1.82, 2.24) is 10.6 Å². The van der Waals surface area contributed by atoms with Crippen LogP contribution in [0.25, 0.3) is 11.1 Å². The second kappa shape index (κ2) is 15.6. The Balaban J connectivity index is 0.972. The number of fused-ring (bicyclic) bond motifs is 2. The highest BCUT2D eigenvalue weighted by atomic mass is 35.5. The molecule has 0 aliphatic carbocycles. The van der Waals surface area contributed by atoms with Crippen molar-refractivity contribution in [2.45, 2.75) is 44.2 Å². The molecule has 0 saturated heterocycles. The van der Waals surface area contributed by atoms with E-state index in [1.54, 1.807) is 36.4 Å². The molecule has 7 rings (SSSR count). The first kappa shape index (κ1) is 35.3. The Hall–Kier alpha value is -6.15. The van der Waals surface area contributed by atoms with Crippen LogP contribution in [0.15, 0.2) is 109 Å². The minimum Gasteiger partial charge on any atom is -0.489 e. The number of nitrogens with one attached hydrogen (secondary N) is 3. The van der Waals surface area contributed by atoms with Crippen LogP contribution in [-0.4, -0.2) is 37.0 Å². The van der Waals surface area contributed by atoms with E-state index < -0.39 is 24.2 Å². The lowest BCUT2D eigenvalue weighted by Crippen LogP contribution is -2.53. The maximum atomic E-state index is 13.5. The molecule has 2 unspecified atom stereocenters. The summed E-state index contributed by atoms with van der Waals surface area (Å²) < 4.78 is 17.1. The number of benzene rings is 5. The number of nitriles is 1. The SMILES string of the molecule is COC(=O)[C@H](Cc1ccc(-c2ccc(C#N)cc2)cc1)NC(=O)C1Cc2cc3c(cc2CN1)OC(c1ccc(OCc2cccc(Cl)c2)cc1)C(=O)N3. The van der Waals surface area contributed by atoms with Gasteiger partial charge < -0.3 is 30.2 Å². The number of carbonyl (C=O) groups is 3. The summed E-state index contributed by atoms with van der Waals surface area (Å²) in [4.78, 5) is 39.5. The molecule has 53 heavy (non-hydrogen) atoms. The lowest BCUT2D eigenvalue weighted by atomic mass is 9.93. The quantitative estimate of drug-likeness (QED) is 0.140. The van der Waals surface area contributed by atoms with E-state index in [4.69, 9.17) is 31.1 Å². The number of ether oxygens (including phenoxy) is 3. The van der Waals surface area contributed by atoms with Crippen LogP contribution in [0.1, 0.15) is 39.5 Å². The van der Waals surface area contributed by atoms with Crippen molar-refractivity contribution in [2.75, 3.05) is 12.4 Å². The molecule has 2 aliphatic rings. The molecule has 5 aromatic carbocycles. The van der Waals surface area contributed by atoms with Gasteiger partial charge in [-0.05, 0) is 88.3 Å². The molecule has 5 aromatic rings. The molecule has 3 atom stereocenters. The van der Waals surface area contributed by atoms with Gasteiger partial charge in [-0.25, -0.2) is 4.79 Å². The first-order chi connectivity index (χ1) is 25.8. The Morgan fingerprint density at radius 3 is 2.38 bits per heavy atom. The largest absolute Gasteiger partial charge is 0.489 e. The normalized spacial score (nSPS) is 16.4. The maximum Gasteiger partial charge on any atom is 0.328 e. The third kappa shape index (κ3) is 8.17. The van der Waals surface area contributed by atoms with Crippen LogP contribution < -0.4 is 25.4 Å². The van der Waals surface area contributed by atoms with Crippen molar-refractivity contribution < 1.29 is 28.6 Å². The molecule has 2 heterocycles. The smallest absolute Gasteiger partial charge is 0.328 e. The van der Waals surface area contributed by atoms with Crippen molar-refractivity contribution in [3.05, 3.63) is 148 Å². The third-order valence-electron chi connectivity index (χ3n) is 9.34. The number of methoxy groups -OCH3 is 1. The van der Waals surface area contributed by atoms with Crippen LogP contribution in [0, 0.1) is 11.3 Å². The lowest BCUT2D eigenvalue weighted by Gasteiger charge is -2.31. The molecule has 2 amide bonds. The summed E-state index contributed by atoms with van der Waals surface area (Å²) in [6, 6.07) is 34.0. The molecule has 2 aliphatic heterocycles. The van der Waals surface area contributed by atoms with Gasteiger partial charge in [0.2, 0.25) is 12.0 Å². The van der Waals surface area contributed by atoms with Gasteiger partial charge in [0.1, 0.15) is 24.1 Å². The number of hydrogen-bond acceptors (Lipinski definition) is 8. The molecule has 0 bridgehead atoms. The topological polar surface area (TPSA) is 139 Å². The highest BCUT2D eigenvalue weighted by Gasteiger charge is 2.33. The number of rotatable bonds is 10. The number of esters is 1. The molecule has 266 valence electrons. The summed E-state index contributed by atoms with van der Waals surface area (Å²) in [7, 11) is 1.29. The summed E-state index contributed by atoms with van der Waals surface area (Å²) in [5, 5.41) is 18.8. The fourth-order valence-corrected chi connectivity index (χ4v) is 6.68. The Morgan fingerprint density at radius 1 is 0.943 bits per heavy atom. The molecule has 3 N–H and O–H groups in total. The monoisotopic (exact) mass is 726 g/mol. The molecular weight excluding hydrogens is 692 g/mol. The summed E-state index contributed by atoms with van der Waals surface area (Å²) in [5.41, 5.74) is 7.35. The zero-order valence-corrected chi connectivity index (χ0v) is 29.5. The maximum absolute atomic E-state index is 13.5. The average molecular weight is 727 g/mol. The number of amides is 2. The van der Waals surface area contributed by atoms with Crippen molar-refractivity contribution in [1.29, 1.82) is 5.26 Å². The predicted molar refractivity (Wildman–Crippen MR) is 199 cm³/mol. The minimum absolute atomic E-state index is 0.242. The average Bonchev–Trinajstić information content (AvgIpc) is 3.19. The highest BCUT2D eigenvalue weighted by Crippen LogP contribution is 2.38. The van der Waals surface area contributed by atoms with Crippen LogP contribution >= 0.6 is 11.6 Å². The van der Waals surface area contributed by atoms with Crippen molar-refractivity contribution in [2.24, 2.45) is 0 Å². The molecule has 10 nitrogen and oxygen atoms in total. The number of carbonyl (C=O) groups excluding carboxylic acids is 3. The van der Waals surface area contributed by atoms with Crippen molar-refractivity contribution >= 4 is 35.1 Å². The van der Waals surface area contributed by atoms with E-state index >= 15 is 0 Å². The van der Waals surface area contributed by atoms with Crippen molar-refractivity contribution in [3.63, 3.8) is 0 Å². The zero-order chi connectivity index (χ0) is 36.9. The van der Waals surface area contributed by atoms with Crippen LogP contribution in [0.5, 0.6) is 11.5 Å². The van der Waals surface area contributed by atoms with Crippen LogP contribution in [0.4, 0.5) is 5.69 Å². The molecule has 11 heteroatoms. The van der Waals surface area contributed by atoms with E-state index in [1.165, 1.54) is 7.11 Å². The molecule has 0 radical (unpaired) electrons. The highest BCUT2D eigenvalue weighted by molar-refractivity contribution is 6.30. The predicted octanol–water partition coefficient (Wildman–Crippen LogP) is 6.44. The number of halogens is 1. The van der Waals surface area contributed by atoms with E-state index in [0.29, 0.717) is 52.9 Å². The summed E-state index contributed by atoms with van der Waals surface area (Å²) in [5.74, 6) is -0.00148. The summed E-state index contributed by atoms with van der Waals surface area (Å²) >= 11 is 6.07. The summed E-state index contributed by atoms with van der Waals surface area (Å²) in [6.45, 7) is 0.750. The van der Waals surface area contributed by atoms with Crippen LogP contribution in [-0.2, 0) is 45.1 Å². The van der Waals surface area contributed by atoms with E-state index in [1.807, 2.05) is 72.8 Å². The van der Waals surface area contributed by atoms with Gasteiger partial charge in [-0.2, -0.15) is 5.26 Å². The zero-order valence-electron chi connectivity index (χ0n) is 28.7. The van der Waals surface area contributed by atoms with Gasteiger partial charge in [0.05, 0.1) is 30.5 Å².